The average molecular weight is 405 g/mol. The molecule has 2 aliphatic rings. The Morgan fingerprint density at radius 2 is 1.96 bits per heavy atom. The van der Waals surface area contributed by atoms with Crippen molar-refractivity contribution in [3.63, 3.8) is 0 Å². The molecular weight excluding hydrogens is 383 g/mol. The smallest absolute Gasteiger partial charge is 0.231 e. The molecule has 0 atom stereocenters. The fourth-order valence-corrected chi connectivity index (χ4v) is 3.87. The van der Waals surface area contributed by atoms with Gasteiger partial charge in [-0.25, -0.2) is 4.39 Å². The van der Waals surface area contributed by atoms with Crippen molar-refractivity contribution in [2.75, 3.05) is 19.9 Å². The van der Waals surface area contributed by atoms with E-state index in [1.54, 1.807) is 12.1 Å². The predicted octanol–water partition coefficient (Wildman–Crippen LogP) is 3.74. The minimum Gasteiger partial charge on any atom is -0.454 e. The average Bonchev–Trinajstić information content (AvgIpc) is 3.17. The Morgan fingerprint density at radius 3 is 2.75 bits per heavy atom. The molecule has 0 aliphatic carbocycles. The highest BCUT2D eigenvalue weighted by atomic mass is 35.5. The quantitative estimate of drug-likeness (QED) is 0.824. The number of carbonyl (C=O) groups is 1. The predicted molar refractivity (Wildman–Crippen MR) is 104 cm³/mol. The second-order valence-corrected chi connectivity index (χ2v) is 7.56. The van der Waals surface area contributed by atoms with Gasteiger partial charge in [-0.1, -0.05) is 23.7 Å². The highest BCUT2D eigenvalue weighted by Gasteiger charge is 2.26. The van der Waals surface area contributed by atoms with E-state index in [1.807, 2.05) is 18.2 Å². The van der Waals surface area contributed by atoms with Crippen LogP contribution in [0.2, 0.25) is 5.02 Å². The molecule has 0 radical (unpaired) electrons. The molecule has 0 spiro atoms. The maximum atomic E-state index is 14.0. The van der Waals surface area contributed by atoms with Gasteiger partial charge in [0.2, 0.25) is 12.7 Å². The Labute approximate surface area is 168 Å². The maximum Gasteiger partial charge on any atom is 0.231 e. The second-order valence-electron chi connectivity index (χ2n) is 7.16. The van der Waals surface area contributed by atoms with Gasteiger partial charge >= 0.3 is 0 Å². The number of ether oxygens (including phenoxy) is 2. The summed E-state index contributed by atoms with van der Waals surface area (Å²) in [4.78, 5) is 14.7. The van der Waals surface area contributed by atoms with Crippen molar-refractivity contribution in [1.29, 1.82) is 0 Å². The fraction of sp³-hybridized carbons (Fsp3) is 0.381. The number of halogens is 2. The Morgan fingerprint density at radius 1 is 1.18 bits per heavy atom. The summed E-state index contributed by atoms with van der Waals surface area (Å²) in [6, 6.07) is 10.4. The molecule has 2 heterocycles. The van der Waals surface area contributed by atoms with E-state index < -0.39 is 0 Å². The van der Waals surface area contributed by atoms with Crippen LogP contribution >= 0.6 is 11.6 Å². The number of fused-ring (bicyclic) bond motifs is 1. The van der Waals surface area contributed by atoms with Gasteiger partial charge in [-0.15, -0.1) is 0 Å². The first kappa shape index (κ1) is 19.0. The Kier molecular flexibility index (Phi) is 5.69. The Bertz CT molecular complexity index is 848. The molecule has 0 saturated carbocycles. The first-order valence-corrected chi connectivity index (χ1v) is 9.79. The molecule has 0 bridgehead atoms. The second kappa shape index (κ2) is 8.37. The van der Waals surface area contributed by atoms with Crippen molar-refractivity contribution < 1.29 is 18.7 Å². The van der Waals surface area contributed by atoms with Crippen LogP contribution in [0, 0.1) is 11.7 Å². The first-order valence-electron chi connectivity index (χ1n) is 9.41. The van der Waals surface area contributed by atoms with E-state index in [2.05, 4.69) is 10.2 Å². The molecule has 0 unspecified atom stereocenters. The number of piperidine rings is 1. The lowest BCUT2D eigenvalue weighted by Crippen LogP contribution is -2.40. The van der Waals surface area contributed by atoms with Crippen molar-refractivity contribution in [3.05, 3.63) is 58.4 Å². The highest BCUT2D eigenvalue weighted by Crippen LogP contribution is 2.32. The number of benzene rings is 2. The first-order chi connectivity index (χ1) is 13.6. The Balaban J connectivity index is 1.26. The summed E-state index contributed by atoms with van der Waals surface area (Å²) < 4.78 is 24.6. The third-order valence-corrected chi connectivity index (χ3v) is 5.66. The van der Waals surface area contributed by atoms with Gasteiger partial charge in [-0.05, 0) is 55.8 Å². The zero-order chi connectivity index (χ0) is 19.5. The number of hydrogen-bond acceptors (Lipinski definition) is 4. The molecule has 1 N–H and O–H groups in total. The molecule has 2 aliphatic heterocycles. The van der Waals surface area contributed by atoms with Crippen molar-refractivity contribution in [3.8, 4) is 11.5 Å². The zero-order valence-electron chi connectivity index (χ0n) is 15.4. The lowest BCUT2D eigenvalue weighted by molar-refractivity contribution is -0.126. The van der Waals surface area contributed by atoms with Crippen LogP contribution in [0.3, 0.4) is 0 Å². The van der Waals surface area contributed by atoms with Crippen LogP contribution in [0.5, 0.6) is 11.5 Å². The largest absolute Gasteiger partial charge is 0.454 e. The third kappa shape index (κ3) is 4.23. The molecular formula is C21H22ClFN2O3. The van der Waals surface area contributed by atoms with Crippen LogP contribution in [0.15, 0.2) is 36.4 Å². The molecule has 2 aromatic carbocycles. The van der Waals surface area contributed by atoms with Gasteiger partial charge in [-0.3, -0.25) is 9.69 Å². The van der Waals surface area contributed by atoms with Gasteiger partial charge in [0.15, 0.2) is 11.5 Å². The summed E-state index contributed by atoms with van der Waals surface area (Å²) >= 11 is 6.12. The summed E-state index contributed by atoms with van der Waals surface area (Å²) in [5, 5.41) is 3.46. The molecule has 1 saturated heterocycles. The molecule has 1 fully saturated rings. The zero-order valence-corrected chi connectivity index (χ0v) is 16.2. The van der Waals surface area contributed by atoms with E-state index in [0.29, 0.717) is 29.4 Å². The summed E-state index contributed by atoms with van der Waals surface area (Å²) in [5.41, 5.74) is 1.50. The molecule has 0 aromatic heterocycles. The summed E-state index contributed by atoms with van der Waals surface area (Å²) in [5.74, 6) is 1.20. The van der Waals surface area contributed by atoms with Gasteiger partial charge in [0.1, 0.15) is 5.82 Å². The number of nitrogens with zero attached hydrogens (tertiary/aromatic N) is 1. The van der Waals surface area contributed by atoms with E-state index in [1.165, 1.54) is 6.07 Å². The minimum absolute atomic E-state index is 0.0265. The molecule has 5 nitrogen and oxygen atoms in total. The highest BCUT2D eigenvalue weighted by molar-refractivity contribution is 6.31. The van der Waals surface area contributed by atoms with E-state index in [0.717, 1.165) is 37.2 Å². The van der Waals surface area contributed by atoms with Crippen molar-refractivity contribution >= 4 is 17.5 Å². The summed E-state index contributed by atoms with van der Waals surface area (Å²) in [6.45, 7) is 2.65. The molecule has 2 aromatic rings. The summed E-state index contributed by atoms with van der Waals surface area (Å²) in [6.07, 6.45) is 1.50. The standard InChI is InChI=1S/C21H22ClFN2O3/c22-17-2-1-3-18(23)16(17)12-25-8-6-15(7-9-25)21(26)24-11-14-4-5-19-20(10-14)28-13-27-19/h1-5,10,15H,6-9,11-13H2,(H,24,26). The number of likely N-dealkylation sites (tertiary alicyclic amines) is 1. The lowest BCUT2D eigenvalue weighted by Gasteiger charge is -2.31. The van der Waals surface area contributed by atoms with Gasteiger partial charge in [-0.2, -0.15) is 0 Å². The molecule has 4 rings (SSSR count). The van der Waals surface area contributed by atoms with Crippen molar-refractivity contribution in [2.45, 2.75) is 25.9 Å². The van der Waals surface area contributed by atoms with Crippen LogP contribution < -0.4 is 14.8 Å². The monoisotopic (exact) mass is 404 g/mol. The lowest BCUT2D eigenvalue weighted by atomic mass is 9.95. The van der Waals surface area contributed by atoms with E-state index in [9.17, 15) is 9.18 Å². The Hall–Kier alpha value is -2.31. The number of rotatable bonds is 5. The van der Waals surface area contributed by atoms with Gasteiger partial charge < -0.3 is 14.8 Å². The molecule has 7 heteroatoms. The molecule has 28 heavy (non-hydrogen) atoms. The molecule has 1 amide bonds. The van der Waals surface area contributed by atoms with E-state index in [-0.39, 0.29) is 24.4 Å². The SMILES string of the molecule is O=C(NCc1ccc2c(c1)OCO2)C1CCN(Cc2c(F)cccc2Cl)CC1. The topological polar surface area (TPSA) is 50.8 Å². The van der Waals surface area contributed by atoms with Gasteiger partial charge in [0.25, 0.3) is 0 Å². The van der Waals surface area contributed by atoms with Gasteiger partial charge in [0.05, 0.1) is 0 Å². The maximum absolute atomic E-state index is 14.0. The minimum atomic E-state index is -0.281. The van der Waals surface area contributed by atoms with Gasteiger partial charge in [0, 0.05) is 29.6 Å². The normalized spacial score (nSPS) is 16.9. The van der Waals surface area contributed by atoms with Crippen LogP contribution in [0.25, 0.3) is 0 Å². The van der Waals surface area contributed by atoms with Crippen LogP contribution in [-0.4, -0.2) is 30.7 Å². The number of carbonyl (C=O) groups excluding carboxylic acids is 1. The van der Waals surface area contributed by atoms with Crippen LogP contribution in [0.4, 0.5) is 4.39 Å². The number of hydrogen-bond donors (Lipinski definition) is 1. The van der Waals surface area contributed by atoms with Crippen LogP contribution in [-0.2, 0) is 17.9 Å². The number of amides is 1. The van der Waals surface area contributed by atoms with Crippen LogP contribution in [0.1, 0.15) is 24.0 Å². The van der Waals surface area contributed by atoms with E-state index >= 15 is 0 Å². The van der Waals surface area contributed by atoms with Crippen molar-refractivity contribution in [1.82, 2.24) is 10.2 Å². The third-order valence-electron chi connectivity index (χ3n) is 5.31. The summed E-state index contributed by atoms with van der Waals surface area (Å²) in [7, 11) is 0. The number of nitrogens with one attached hydrogen (secondary N) is 1. The van der Waals surface area contributed by atoms with E-state index in [4.69, 9.17) is 21.1 Å². The van der Waals surface area contributed by atoms with Crippen molar-refractivity contribution in [2.24, 2.45) is 5.92 Å². The fourth-order valence-electron chi connectivity index (χ4n) is 3.64. The molecule has 148 valence electrons.